The molecule has 1 heterocycles. The molecule has 0 saturated heterocycles. The van der Waals surface area contributed by atoms with Crippen molar-refractivity contribution in [3.63, 3.8) is 0 Å². The van der Waals surface area contributed by atoms with E-state index in [1.807, 2.05) is 0 Å². The molecule has 5 nitrogen and oxygen atoms in total. The largest absolute Gasteiger partial charge is 0.437 e. The maximum absolute atomic E-state index is 12.0. The lowest BCUT2D eigenvalue weighted by Crippen LogP contribution is -2.48. The van der Waals surface area contributed by atoms with Crippen LogP contribution in [0.2, 0.25) is 0 Å². The van der Waals surface area contributed by atoms with Crippen LogP contribution in [0.15, 0.2) is 9.21 Å². The summed E-state index contributed by atoms with van der Waals surface area (Å²) in [5.41, 5.74) is 5.50. The zero-order chi connectivity index (χ0) is 13.0. The molecule has 0 aliphatic heterocycles. The van der Waals surface area contributed by atoms with Gasteiger partial charge in [0, 0.05) is 13.0 Å². The summed E-state index contributed by atoms with van der Waals surface area (Å²) < 4.78 is 6.88. The van der Waals surface area contributed by atoms with Gasteiger partial charge in [0.1, 0.15) is 0 Å². The van der Waals surface area contributed by atoms with Crippen LogP contribution >= 0.6 is 0 Å². The third-order valence-corrected chi connectivity index (χ3v) is 5.43. The number of hydrogen-bond donors (Lipinski definition) is 1. The number of nitrogens with zero attached hydrogens (tertiary/aromatic N) is 2. The normalized spacial score (nSPS) is 39.9. The Hall–Kier alpha value is -1.10. The Balaban J connectivity index is 1.67. The molecule has 0 radical (unpaired) electrons. The molecule has 0 spiro atoms. The molecular weight excluding hydrogens is 242 g/mol. The van der Waals surface area contributed by atoms with Crippen molar-refractivity contribution in [1.82, 2.24) is 9.78 Å². The van der Waals surface area contributed by atoms with E-state index in [9.17, 15) is 4.79 Å². The standard InChI is InChI=1S/C14H21N3O2/c15-2-1-12-16-17(14(18)19-12)13-10-4-8-3-9(6-10)7-11(13)5-8/h8-11,13H,1-7,15H2. The van der Waals surface area contributed by atoms with Gasteiger partial charge in [-0.2, -0.15) is 4.68 Å². The second kappa shape index (κ2) is 4.20. The molecule has 0 aromatic carbocycles. The van der Waals surface area contributed by atoms with Crippen LogP contribution in [0.3, 0.4) is 0 Å². The molecule has 4 bridgehead atoms. The number of rotatable bonds is 3. The summed E-state index contributed by atoms with van der Waals surface area (Å²) in [5, 5.41) is 4.40. The van der Waals surface area contributed by atoms with Crippen LogP contribution in [0.25, 0.3) is 0 Å². The molecule has 2 N–H and O–H groups in total. The van der Waals surface area contributed by atoms with E-state index in [0.29, 0.717) is 30.7 Å². The Kier molecular flexibility index (Phi) is 2.59. The first-order valence-electron chi connectivity index (χ1n) is 7.53. The highest BCUT2D eigenvalue weighted by atomic mass is 16.4. The molecule has 19 heavy (non-hydrogen) atoms. The number of hydrogen-bond acceptors (Lipinski definition) is 4. The lowest BCUT2D eigenvalue weighted by molar-refractivity contribution is -0.0359. The van der Waals surface area contributed by atoms with Crippen LogP contribution in [0, 0.1) is 23.7 Å². The van der Waals surface area contributed by atoms with Crippen LogP contribution in [0.5, 0.6) is 0 Å². The molecule has 4 saturated carbocycles. The van der Waals surface area contributed by atoms with E-state index in [0.717, 1.165) is 11.8 Å². The van der Waals surface area contributed by atoms with Gasteiger partial charge in [0.2, 0.25) is 5.89 Å². The first kappa shape index (κ1) is 11.7. The second-order valence-corrected chi connectivity index (χ2v) is 6.67. The summed E-state index contributed by atoms with van der Waals surface area (Å²) in [5.74, 6) is 3.33. The lowest BCUT2D eigenvalue weighted by Gasteiger charge is -2.53. The van der Waals surface area contributed by atoms with Crippen LogP contribution < -0.4 is 11.5 Å². The Labute approximate surface area is 112 Å². The first-order chi connectivity index (χ1) is 9.24. The van der Waals surface area contributed by atoms with Crippen molar-refractivity contribution < 1.29 is 4.42 Å². The van der Waals surface area contributed by atoms with E-state index >= 15 is 0 Å². The summed E-state index contributed by atoms with van der Waals surface area (Å²) in [4.78, 5) is 12.0. The first-order valence-corrected chi connectivity index (χ1v) is 7.53. The van der Waals surface area contributed by atoms with Gasteiger partial charge < -0.3 is 10.2 Å². The van der Waals surface area contributed by atoms with Gasteiger partial charge in [-0.15, -0.1) is 5.10 Å². The summed E-state index contributed by atoms with van der Waals surface area (Å²) in [6.45, 7) is 0.474. The minimum Gasteiger partial charge on any atom is -0.392 e. The average Bonchev–Trinajstić information content (AvgIpc) is 2.69. The fraction of sp³-hybridized carbons (Fsp3) is 0.857. The van der Waals surface area contributed by atoms with Crippen molar-refractivity contribution in [2.45, 2.75) is 44.6 Å². The topological polar surface area (TPSA) is 74.0 Å². The van der Waals surface area contributed by atoms with Crippen LogP contribution in [-0.4, -0.2) is 16.3 Å². The van der Waals surface area contributed by atoms with Gasteiger partial charge in [-0.05, 0) is 55.8 Å². The van der Waals surface area contributed by atoms with E-state index in [1.165, 1.54) is 32.1 Å². The minimum absolute atomic E-state index is 0.277. The molecule has 104 valence electrons. The maximum atomic E-state index is 12.0. The summed E-state index contributed by atoms with van der Waals surface area (Å²) in [6, 6.07) is 0.288. The van der Waals surface area contributed by atoms with Crippen molar-refractivity contribution >= 4 is 0 Å². The molecular formula is C14H21N3O2. The van der Waals surface area contributed by atoms with Gasteiger partial charge in [0.05, 0.1) is 6.04 Å². The highest BCUT2D eigenvalue weighted by molar-refractivity contribution is 5.00. The summed E-state index contributed by atoms with van der Waals surface area (Å²) in [7, 11) is 0. The molecule has 5 heteroatoms. The fourth-order valence-corrected chi connectivity index (χ4v) is 5.04. The van der Waals surface area contributed by atoms with E-state index < -0.39 is 0 Å². The molecule has 0 atom stereocenters. The Morgan fingerprint density at radius 1 is 1.16 bits per heavy atom. The molecule has 4 aliphatic rings. The molecule has 4 fully saturated rings. The third-order valence-electron chi connectivity index (χ3n) is 5.43. The fourth-order valence-electron chi connectivity index (χ4n) is 5.04. The summed E-state index contributed by atoms with van der Waals surface area (Å²) >= 11 is 0. The molecule has 1 aromatic heterocycles. The Bertz CT molecular complexity index is 505. The highest BCUT2D eigenvalue weighted by Gasteiger charge is 2.50. The maximum Gasteiger partial charge on any atom is 0.437 e. The van der Waals surface area contributed by atoms with Crippen molar-refractivity contribution in [1.29, 1.82) is 0 Å². The molecule has 0 unspecified atom stereocenters. The quantitative estimate of drug-likeness (QED) is 0.893. The second-order valence-electron chi connectivity index (χ2n) is 6.67. The zero-order valence-electron chi connectivity index (χ0n) is 11.1. The summed E-state index contributed by atoms with van der Waals surface area (Å²) in [6.07, 6.45) is 7.10. The Morgan fingerprint density at radius 2 is 1.79 bits per heavy atom. The predicted molar refractivity (Wildman–Crippen MR) is 69.6 cm³/mol. The highest BCUT2D eigenvalue weighted by Crippen LogP contribution is 2.57. The van der Waals surface area contributed by atoms with E-state index in [1.54, 1.807) is 4.68 Å². The number of nitrogens with two attached hydrogens (primary N) is 1. The third kappa shape index (κ3) is 1.78. The molecule has 1 aromatic rings. The van der Waals surface area contributed by atoms with Gasteiger partial charge in [0.15, 0.2) is 0 Å². The zero-order valence-corrected chi connectivity index (χ0v) is 11.1. The van der Waals surface area contributed by atoms with Gasteiger partial charge in [0.25, 0.3) is 0 Å². The molecule has 0 amide bonds. The minimum atomic E-state index is -0.277. The van der Waals surface area contributed by atoms with Crippen molar-refractivity contribution in [3.8, 4) is 0 Å². The van der Waals surface area contributed by atoms with E-state index in [2.05, 4.69) is 5.10 Å². The van der Waals surface area contributed by atoms with Crippen molar-refractivity contribution in [3.05, 3.63) is 16.4 Å². The van der Waals surface area contributed by atoms with Gasteiger partial charge in [-0.1, -0.05) is 0 Å². The van der Waals surface area contributed by atoms with E-state index in [4.69, 9.17) is 10.2 Å². The lowest BCUT2D eigenvalue weighted by atomic mass is 9.54. The van der Waals surface area contributed by atoms with E-state index in [-0.39, 0.29) is 11.8 Å². The molecule has 5 rings (SSSR count). The SMILES string of the molecule is NCCc1nn(C2C3CC4CC(C3)CC2C4)c(=O)o1. The van der Waals surface area contributed by atoms with Gasteiger partial charge in [-0.3, -0.25) is 0 Å². The predicted octanol–water partition coefficient (Wildman–Crippen LogP) is 1.33. The Morgan fingerprint density at radius 3 is 2.37 bits per heavy atom. The number of aromatic nitrogens is 2. The van der Waals surface area contributed by atoms with Crippen LogP contribution in [0.1, 0.15) is 44.0 Å². The molecule has 4 aliphatic carbocycles. The van der Waals surface area contributed by atoms with Crippen LogP contribution in [0.4, 0.5) is 0 Å². The van der Waals surface area contributed by atoms with Gasteiger partial charge in [-0.25, -0.2) is 4.79 Å². The average molecular weight is 263 g/mol. The van der Waals surface area contributed by atoms with Crippen molar-refractivity contribution in [2.24, 2.45) is 29.4 Å². The van der Waals surface area contributed by atoms with Crippen molar-refractivity contribution in [2.75, 3.05) is 6.54 Å². The van der Waals surface area contributed by atoms with Crippen LogP contribution in [-0.2, 0) is 6.42 Å². The monoisotopic (exact) mass is 263 g/mol. The van der Waals surface area contributed by atoms with Gasteiger partial charge >= 0.3 is 5.76 Å². The smallest absolute Gasteiger partial charge is 0.392 e.